The average molecular weight is 453 g/mol. The number of carbonyl (C=O) groups is 3. The van der Waals surface area contributed by atoms with Crippen molar-refractivity contribution in [1.82, 2.24) is 10.6 Å². The molecule has 1 fully saturated rings. The Kier molecular flexibility index (Phi) is 6.65. The molecule has 1 unspecified atom stereocenters. The molecule has 8 nitrogen and oxygen atoms in total. The van der Waals surface area contributed by atoms with E-state index in [0.717, 1.165) is 22.3 Å². The van der Waals surface area contributed by atoms with Gasteiger partial charge in [0.1, 0.15) is 6.61 Å². The van der Waals surface area contributed by atoms with Gasteiger partial charge in [0, 0.05) is 32.5 Å². The van der Waals surface area contributed by atoms with Crippen LogP contribution in [0.25, 0.3) is 11.1 Å². The monoisotopic (exact) mass is 452 g/mol. The average Bonchev–Trinajstić information content (AvgIpc) is 3.55. The summed E-state index contributed by atoms with van der Waals surface area (Å²) in [7, 11) is 1.32. The normalized spacial score (nSPS) is 16.3. The standard InChI is InChI=1S/C25H28N2O6/c1-32-21(22(28)29)10-13-26-23(30)25(11-12-25)15-27-24(31)33-14-20-18-8-4-2-6-16(18)17-7-3-5-9-19(17)20/h2-9,20-21H,10-15H2,1H3,(H,26,30)(H,27,31)(H,28,29). The Labute approximate surface area is 192 Å². The molecule has 0 bridgehead atoms. The molecule has 2 aliphatic rings. The molecule has 0 radical (unpaired) electrons. The summed E-state index contributed by atoms with van der Waals surface area (Å²) in [6, 6.07) is 16.2. The number of hydrogen-bond donors (Lipinski definition) is 3. The van der Waals surface area contributed by atoms with Gasteiger partial charge in [-0.2, -0.15) is 0 Å². The fourth-order valence-electron chi connectivity index (χ4n) is 4.37. The summed E-state index contributed by atoms with van der Waals surface area (Å²) < 4.78 is 10.4. The molecule has 0 heterocycles. The Balaban J connectivity index is 1.26. The molecule has 1 atom stereocenters. The van der Waals surface area contributed by atoms with Gasteiger partial charge in [0.25, 0.3) is 0 Å². The lowest BCUT2D eigenvalue weighted by Gasteiger charge is -2.18. The van der Waals surface area contributed by atoms with E-state index in [2.05, 4.69) is 34.9 Å². The smallest absolute Gasteiger partial charge is 0.407 e. The molecule has 0 aliphatic heterocycles. The lowest BCUT2D eigenvalue weighted by Crippen LogP contribution is -2.42. The number of carboxylic acids is 1. The second-order valence-electron chi connectivity index (χ2n) is 8.57. The molecule has 4 rings (SSSR count). The number of benzene rings is 2. The zero-order valence-corrected chi connectivity index (χ0v) is 18.5. The number of methoxy groups -OCH3 is 1. The Hall–Kier alpha value is -3.39. The van der Waals surface area contributed by atoms with E-state index in [9.17, 15) is 14.4 Å². The quantitative estimate of drug-likeness (QED) is 0.511. The van der Waals surface area contributed by atoms with E-state index < -0.39 is 23.6 Å². The number of hydrogen-bond acceptors (Lipinski definition) is 5. The third kappa shape index (κ3) is 4.85. The third-order valence-electron chi connectivity index (χ3n) is 6.50. The highest BCUT2D eigenvalue weighted by Crippen LogP contribution is 2.46. The van der Waals surface area contributed by atoms with Crippen LogP contribution in [0.1, 0.15) is 36.3 Å². The van der Waals surface area contributed by atoms with Gasteiger partial charge >= 0.3 is 12.1 Å². The molecule has 0 spiro atoms. The first-order valence-electron chi connectivity index (χ1n) is 11.1. The van der Waals surface area contributed by atoms with Gasteiger partial charge in [0.2, 0.25) is 5.91 Å². The summed E-state index contributed by atoms with van der Waals surface area (Å²) in [6.07, 6.45) is -0.0155. The number of alkyl carbamates (subject to hydrolysis) is 1. The number of aliphatic carboxylic acids is 1. The largest absolute Gasteiger partial charge is 0.479 e. The van der Waals surface area contributed by atoms with Crippen LogP contribution in [0, 0.1) is 5.41 Å². The molecule has 3 N–H and O–H groups in total. The Bertz CT molecular complexity index is 1000. The van der Waals surface area contributed by atoms with Gasteiger partial charge in [0.15, 0.2) is 6.10 Å². The van der Waals surface area contributed by atoms with Gasteiger partial charge in [-0.05, 0) is 35.1 Å². The second-order valence-corrected chi connectivity index (χ2v) is 8.57. The van der Waals surface area contributed by atoms with Crippen molar-refractivity contribution in [3.8, 4) is 11.1 Å². The van der Waals surface area contributed by atoms with Crippen LogP contribution < -0.4 is 10.6 Å². The Morgan fingerprint density at radius 1 is 1.03 bits per heavy atom. The summed E-state index contributed by atoms with van der Waals surface area (Å²) in [5.41, 5.74) is 3.95. The lowest BCUT2D eigenvalue weighted by atomic mass is 9.98. The van der Waals surface area contributed by atoms with Crippen LogP contribution in [-0.4, -0.2) is 56.0 Å². The highest BCUT2D eigenvalue weighted by atomic mass is 16.5. The fraction of sp³-hybridized carbons (Fsp3) is 0.400. The molecule has 2 amide bonds. The van der Waals surface area contributed by atoms with Crippen molar-refractivity contribution < 1.29 is 29.0 Å². The van der Waals surface area contributed by atoms with Crippen molar-refractivity contribution in [2.75, 3.05) is 26.8 Å². The van der Waals surface area contributed by atoms with Gasteiger partial charge in [0.05, 0.1) is 5.41 Å². The summed E-state index contributed by atoms with van der Waals surface area (Å²) >= 11 is 0. The van der Waals surface area contributed by atoms with Gasteiger partial charge in [-0.3, -0.25) is 4.79 Å². The van der Waals surface area contributed by atoms with E-state index in [1.807, 2.05) is 24.3 Å². The van der Waals surface area contributed by atoms with Crippen molar-refractivity contribution >= 4 is 18.0 Å². The number of carboxylic acid groups (broad SMARTS) is 1. The summed E-state index contributed by atoms with van der Waals surface area (Å²) in [5.74, 6) is -1.28. The third-order valence-corrected chi connectivity index (χ3v) is 6.50. The Morgan fingerprint density at radius 3 is 2.18 bits per heavy atom. The SMILES string of the molecule is COC(CCNC(=O)C1(CNC(=O)OCC2c3ccccc3-c3ccccc32)CC1)C(=O)O. The minimum atomic E-state index is -1.06. The maximum Gasteiger partial charge on any atom is 0.407 e. The molecule has 33 heavy (non-hydrogen) atoms. The van der Waals surface area contributed by atoms with Crippen LogP contribution in [0.4, 0.5) is 4.79 Å². The highest BCUT2D eigenvalue weighted by Gasteiger charge is 2.50. The molecule has 1 saturated carbocycles. The van der Waals surface area contributed by atoms with E-state index in [-0.39, 0.29) is 37.9 Å². The van der Waals surface area contributed by atoms with Crippen molar-refractivity contribution in [3.63, 3.8) is 0 Å². The van der Waals surface area contributed by atoms with Crippen LogP contribution in [0.5, 0.6) is 0 Å². The number of carbonyl (C=O) groups excluding carboxylic acids is 2. The van der Waals surface area contributed by atoms with Crippen molar-refractivity contribution in [2.45, 2.75) is 31.3 Å². The summed E-state index contributed by atoms with van der Waals surface area (Å²) in [6.45, 7) is 0.588. The predicted molar refractivity (Wildman–Crippen MR) is 121 cm³/mol. The van der Waals surface area contributed by atoms with Crippen LogP contribution in [0.15, 0.2) is 48.5 Å². The minimum Gasteiger partial charge on any atom is -0.479 e. The van der Waals surface area contributed by atoms with Crippen LogP contribution >= 0.6 is 0 Å². The molecule has 0 aromatic heterocycles. The summed E-state index contributed by atoms with van der Waals surface area (Å²) in [5, 5.41) is 14.5. The van der Waals surface area contributed by atoms with E-state index in [1.165, 1.54) is 7.11 Å². The molecule has 2 aromatic carbocycles. The van der Waals surface area contributed by atoms with Gasteiger partial charge in [-0.25, -0.2) is 9.59 Å². The number of amides is 2. The molecular weight excluding hydrogens is 424 g/mol. The van der Waals surface area contributed by atoms with Crippen molar-refractivity contribution in [2.24, 2.45) is 5.41 Å². The molecule has 0 saturated heterocycles. The fourth-order valence-corrected chi connectivity index (χ4v) is 4.37. The minimum absolute atomic E-state index is 0.0238. The first kappa shape index (κ1) is 22.8. The maximum atomic E-state index is 12.5. The zero-order chi connectivity index (χ0) is 23.4. The number of rotatable bonds is 10. The van der Waals surface area contributed by atoms with Gasteiger partial charge in [-0.1, -0.05) is 48.5 Å². The van der Waals surface area contributed by atoms with Crippen LogP contribution in [0.3, 0.4) is 0 Å². The maximum absolute atomic E-state index is 12.5. The molecule has 174 valence electrons. The zero-order valence-electron chi connectivity index (χ0n) is 18.5. The molecule has 2 aliphatic carbocycles. The van der Waals surface area contributed by atoms with Crippen LogP contribution in [-0.2, 0) is 19.1 Å². The van der Waals surface area contributed by atoms with Gasteiger partial charge < -0.3 is 25.2 Å². The van der Waals surface area contributed by atoms with E-state index >= 15 is 0 Å². The second kappa shape index (κ2) is 9.62. The molecule has 2 aromatic rings. The Morgan fingerprint density at radius 2 is 1.64 bits per heavy atom. The van der Waals surface area contributed by atoms with Gasteiger partial charge in [-0.15, -0.1) is 0 Å². The molecule has 8 heteroatoms. The first-order chi connectivity index (χ1) is 15.9. The molecular formula is C25H28N2O6. The lowest BCUT2D eigenvalue weighted by molar-refractivity contribution is -0.149. The van der Waals surface area contributed by atoms with E-state index in [0.29, 0.717) is 12.8 Å². The number of nitrogens with one attached hydrogen (secondary N) is 2. The van der Waals surface area contributed by atoms with Crippen LogP contribution in [0.2, 0.25) is 0 Å². The number of fused-ring (bicyclic) bond motifs is 3. The first-order valence-corrected chi connectivity index (χ1v) is 11.1. The topological polar surface area (TPSA) is 114 Å². The predicted octanol–water partition coefficient (Wildman–Crippen LogP) is 2.91. The summed E-state index contributed by atoms with van der Waals surface area (Å²) in [4.78, 5) is 35.9. The van der Waals surface area contributed by atoms with Crippen molar-refractivity contribution in [3.05, 3.63) is 59.7 Å². The van der Waals surface area contributed by atoms with E-state index in [4.69, 9.17) is 14.6 Å². The highest BCUT2D eigenvalue weighted by molar-refractivity contribution is 5.86. The number of ether oxygens (including phenoxy) is 2. The van der Waals surface area contributed by atoms with Crippen molar-refractivity contribution in [1.29, 1.82) is 0 Å². The van der Waals surface area contributed by atoms with E-state index in [1.54, 1.807) is 0 Å².